The van der Waals surface area contributed by atoms with Crippen LogP contribution in [0.5, 0.6) is 0 Å². The topological polar surface area (TPSA) is 20.2 Å². The number of aliphatic hydroxyl groups is 1. The first-order chi connectivity index (χ1) is 9.40. The van der Waals surface area contributed by atoms with Gasteiger partial charge in [0.1, 0.15) is 0 Å². The molecule has 2 aliphatic carbocycles. The summed E-state index contributed by atoms with van der Waals surface area (Å²) in [6, 6.07) is 0. The Hall–Kier alpha value is -0.560. The summed E-state index contributed by atoms with van der Waals surface area (Å²) in [4.78, 5) is 0. The number of hydrogen-bond acceptors (Lipinski definition) is 1. The molecular formula is C19H34O. The lowest BCUT2D eigenvalue weighted by Gasteiger charge is -2.47. The van der Waals surface area contributed by atoms with Crippen LogP contribution in [-0.2, 0) is 0 Å². The predicted octanol–water partition coefficient (Wildman–Crippen LogP) is 5.50. The Balaban J connectivity index is 0.000000246. The van der Waals surface area contributed by atoms with Gasteiger partial charge in [-0.25, -0.2) is 0 Å². The van der Waals surface area contributed by atoms with E-state index in [9.17, 15) is 0 Å². The standard InChI is InChI=1S/C13H22.C6H12O/c1-10-6-7-12-11(9-10)5-4-8-13(12,2)3;1-3-6(2)4-5-7/h11-12H,1,4-9H2,2-3H3;4,7H,3,5H2,1-2H3/b;6-4+. The van der Waals surface area contributed by atoms with E-state index in [1.54, 1.807) is 0 Å². The first-order valence-electron chi connectivity index (χ1n) is 8.33. The SMILES string of the molecule is C=C1CCC2C(CCCC2(C)C)C1.CC/C(C)=C/CO. The van der Waals surface area contributed by atoms with Gasteiger partial charge in [-0.1, -0.05) is 51.0 Å². The minimum Gasteiger partial charge on any atom is -0.392 e. The van der Waals surface area contributed by atoms with Crippen molar-refractivity contribution in [3.63, 3.8) is 0 Å². The summed E-state index contributed by atoms with van der Waals surface area (Å²) >= 11 is 0. The molecule has 2 unspecified atom stereocenters. The molecule has 0 aromatic rings. The first-order valence-corrected chi connectivity index (χ1v) is 8.33. The van der Waals surface area contributed by atoms with Crippen molar-refractivity contribution in [2.24, 2.45) is 17.3 Å². The smallest absolute Gasteiger partial charge is 0.0614 e. The molecular weight excluding hydrogens is 244 g/mol. The Kier molecular flexibility index (Phi) is 7.02. The van der Waals surface area contributed by atoms with Crippen LogP contribution in [-0.4, -0.2) is 11.7 Å². The number of hydrogen-bond donors (Lipinski definition) is 1. The maximum Gasteiger partial charge on any atom is 0.0614 e. The van der Waals surface area contributed by atoms with Gasteiger partial charge in [-0.3, -0.25) is 0 Å². The fourth-order valence-corrected chi connectivity index (χ4v) is 3.85. The largest absolute Gasteiger partial charge is 0.392 e. The van der Waals surface area contributed by atoms with Crippen LogP contribution in [0, 0.1) is 17.3 Å². The summed E-state index contributed by atoms with van der Waals surface area (Å²) in [7, 11) is 0. The van der Waals surface area contributed by atoms with Crippen LogP contribution in [0.1, 0.15) is 72.6 Å². The Morgan fingerprint density at radius 3 is 2.65 bits per heavy atom. The zero-order valence-electron chi connectivity index (χ0n) is 14.0. The number of allylic oxidation sites excluding steroid dienone is 2. The second-order valence-electron chi connectivity index (χ2n) is 7.33. The molecule has 2 atom stereocenters. The van der Waals surface area contributed by atoms with Crippen molar-refractivity contribution in [2.75, 3.05) is 6.61 Å². The first kappa shape index (κ1) is 17.5. The molecule has 0 aromatic carbocycles. The fourth-order valence-electron chi connectivity index (χ4n) is 3.85. The van der Waals surface area contributed by atoms with E-state index < -0.39 is 0 Å². The molecule has 0 saturated heterocycles. The summed E-state index contributed by atoms with van der Waals surface area (Å²) in [5, 5.41) is 8.29. The summed E-state index contributed by atoms with van der Waals surface area (Å²) in [6.45, 7) is 13.4. The van der Waals surface area contributed by atoms with Gasteiger partial charge in [0.2, 0.25) is 0 Å². The van der Waals surface area contributed by atoms with Crippen LogP contribution in [0.2, 0.25) is 0 Å². The highest BCUT2D eigenvalue weighted by molar-refractivity contribution is 5.05. The van der Waals surface area contributed by atoms with Crippen LogP contribution >= 0.6 is 0 Å². The van der Waals surface area contributed by atoms with Gasteiger partial charge in [0.25, 0.3) is 0 Å². The van der Waals surface area contributed by atoms with Gasteiger partial charge in [0.15, 0.2) is 0 Å². The van der Waals surface area contributed by atoms with Crippen LogP contribution in [0.3, 0.4) is 0 Å². The third kappa shape index (κ3) is 5.09. The highest BCUT2D eigenvalue weighted by Gasteiger charge is 2.40. The zero-order chi connectivity index (χ0) is 15.2. The number of fused-ring (bicyclic) bond motifs is 1. The predicted molar refractivity (Wildman–Crippen MR) is 88.7 cm³/mol. The van der Waals surface area contributed by atoms with Crippen LogP contribution < -0.4 is 0 Å². The lowest BCUT2D eigenvalue weighted by Crippen LogP contribution is -2.37. The minimum absolute atomic E-state index is 0.180. The van der Waals surface area contributed by atoms with Gasteiger partial charge in [-0.2, -0.15) is 0 Å². The van der Waals surface area contributed by atoms with Crippen molar-refractivity contribution in [1.29, 1.82) is 0 Å². The van der Waals surface area contributed by atoms with Crippen LogP contribution in [0.25, 0.3) is 0 Å². The van der Waals surface area contributed by atoms with E-state index in [1.807, 2.05) is 13.0 Å². The van der Waals surface area contributed by atoms with E-state index in [-0.39, 0.29) is 6.61 Å². The fraction of sp³-hybridized carbons (Fsp3) is 0.789. The van der Waals surface area contributed by atoms with Gasteiger partial charge in [0.05, 0.1) is 6.61 Å². The summed E-state index contributed by atoms with van der Waals surface area (Å²) in [6.07, 6.45) is 11.3. The molecule has 0 heterocycles. The van der Waals surface area contributed by atoms with Crippen LogP contribution in [0.4, 0.5) is 0 Å². The van der Waals surface area contributed by atoms with E-state index in [0.29, 0.717) is 5.41 Å². The third-order valence-electron chi connectivity index (χ3n) is 5.33. The Labute approximate surface area is 126 Å². The highest BCUT2D eigenvalue weighted by atomic mass is 16.2. The lowest BCUT2D eigenvalue weighted by molar-refractivity contribution is 0.0546. The number of rotatable bonds is 2. The average Bonchev–Trinajstić information content (AvgIpc) is 2.39. The second-order valence-corrected chi connectivity index (χ2v) is 7.33. The molecule has 2 saturated carbocycles. The third-order valence-corrected chi connectivity index (χ3v) is 5.33. The van der Waals surface area contributed by atoms with Gasteiger partial charge in [-0.15, -0.1) is 0 Å². The molecule has 0 bridgehead atoms. The van der Waals surface area contributed by atoms with E-state index in [2.05, 4.69) is 27.4 Å². The molecule has 1 nitrogen and oxygen atoms in total. The Bertz CT molecular complexity index is 338. The summed E-state index contributed by atoms with van der Waals surface area (Å²) in [5.74, 6) is 1.97. The molecule has 0 amide bonds. The van der Waals surface area contributed by atoms with E-state index in [1.165, 1.54) is 49.7 Å². The molecule has 0 aliphatic heterocycles. The van der Waals surface area contributed by atoms with E-state index in [4.69, 9.17) is 5.11 Å². The maximum absolute atomic E-state index is 8.29. The van der Waals surface area contributed by atoms with Crippen molar-refractivity contribution in [1.82, 2.24) is 0 Å². The maximum atomic E-state index is 8.29. The molecule has 0 spiro atoms. The second kappa shape index (κ2) is 8.02. The molecule has 2 rings (SSSR count). The van der Waals surface area contributed by atoms with Crippen molar-refractivity contribution in [3.05, 3.63) is 23.8 Å². The van der Waals surface area contributed by atoms with Gasteiger partial charge < -0.3 is 5.11 Å². The van der Waals surface area contributed by atoms with Crippen molar-refractivity contribution >= 4 is 0 Å². The van der Waals surface area contributed by atoms with Gasteiger partial charge in [0, 0.05) is 0 Å². The number of aliphatic hydroxyl groups excluding tert-OH is 1. The van der Waals surface area contributed by atoms with Crippen molar-refractivity contribution in [3.8, 4) is 0 Å². The lowest BCUT2D eigenvalue weighted by atomic mass is 9.58. The molecule has 0 radical (unpaired) electrons. The van der Waals surface area contributed by atoms with Crippen molar-refractivity contribution < 1.29 is 5.11 Å². The molecule has 1 N–H and O–H groups in total. The highest BCUT2D eigenvalue weighted by Crippen LogP contribution is 2.51. The Morgan fingerprint density at radius 1 is 1.40 bits per heavy atom. The summed E-state index contributed by atoms with van der Waals surface area (Å²) < 4.78 is 0. The van der Waals surface area contributed by atoms with Gasteiger partial charge >= 0.3 is 0 Å². The molecule has 20 heavy (non-hydrogen) atoms. The zero-order valence-corrected chi connectivity index (χ0v) is 14.0. The van der Waals surface area contributed by atoms with E-state index >= 15 is 0 Å². The molecule has 1 heteroatoms. The minimum atomic E-state index is 0.180. The molecule has 2 aliphatic rings. The van der Waals surface area contributed by atoms with Gasteiger partial charge in [-0.05, 0) is 62.7 Å². The summed E-state index contributed by atoms with van der Waals surface area (Å²) in [5.41, 5.74) is 3.38. The monoisotopic (exact) mass is 278 g/mol. The van der Waals surface area contributed by atoms with E-state index in [0.717, 1.165) is 18.3 Å². The van der Waals surface area contributed by atoms with Crippen LogP contribution in [0.15, 0.2) is 23.8 Å². The Morgan fingerprint density at radius 2 is 2.10 bits per heavy atom. The average molecular weight is 278 g/mol. The molecule has 2 fully saturated rings. The quantitative estimate of drug-likeness (QED) is 0.661. The normalized spacial score (nSPS) is 29.2. The molecule has 0 aromatic heterocycles. The van der Waals surface area contributed by atoms with Crippen molar-refractivity contribution in [2.45, 2.75) is 72.6 Å². The molecule has 116 valence electrons.